The number of hydrogen-bond acceptors (Lipinski definition) is 2. The molecule has 0 radical (unpaired) electrons. The largest absolute Gasteiger partial charge is 0.306 e. The Morgan fingerprint density at radius 3 is 1.84 bits per heavy atom. The van der Waals surface area contributed by atoms with Crippen LogP contribution in [0.25, 0.3) is 0 Å². The van der Waals surface area contributed by atoms with Crippen LogP contribution < -0.4 is 10.6 Å². The molecule has 2 aromatic carbocycles. The zero-order valence-electron chi connectivity index (χ0n) is 14.8. The minimum absolute atomic E-state index is 0.199. The summed E-state index contributed by atoms with van der Waals surface area (Å²) in [4.78, 5) is 13.6. The maximum Gasteiger partial charge on any atom is 0.207 e. The van der Waals surface area contributed by atoms with E-state index in [-0.39, 0.29) is 10.9 Å². The fourth-order valence-corrected chi connectivity index (χ4v) is 6.30. The van der Waals surface area contributed by atoms with Gasteiger partial charge in [0, 0.05) is 10.6 Å². The van der Waals surface area contributed by atoms with E-state index in [4.69, 9.17) is 0 Å². The molecule has 128 valence electrons. The van der Waals surface area contributed by atoms with Gasteiger partial charge in [-0.3, -0.25) is 4.79 Å². The van der Waals surface area contributed by atoms with E-state index in [0.717, 1.165) is 5.57 Å². The van der Waals surface area contributed by atoms with E-state index in [1.165, 1.54) is 0 Å². The highest BCUT2D eigenvalue weighted by molar-refractivity contribution is 7.93. The van der Waals surface area contributed by atoms with Crippen LogP contribution in [0.3, 0.4) is 0 Å². The summed E-state index contributed by atoms with van der Waals surface area (Å²) in [5, 5.41) is 1.20. The summed E-state index contributed by atoms with van der Waals surface area (Å²) in [6.07, 6.45) is 5.96. The fourth-order valence-electron chi connectivity index (χ4n) is 3.50. The summed E-state index contributed by atoms with van der Waals surface area (Å²) < 4.78 is 14.2. The van der Waals surface area contributed by atoms with Gasteiger partial charge in [-0.25, -0.2) is 0 Å². The number of rotatable bonds is 4. The second-order valence-corrected chi connectivity index (χ2v) is 9.86. The Kier molecular flexibility index (Phi) is 4.67. The number of carbonyl (C=O) groups is 1. The number of carbonyl (C=O) groups excluding carboxylic acids is 1. The van der Waals surface area contributed by atoms with E-state index in [9.17, 15) is 9.36 Å². The van der Waals surface area contributed by atoms with Gasteiger partial charge in [0.15, 0.2) is 0 Å². The van der Waals surface area contributed by atoms with Crippen molar-refractivity contribution in [3.8, 4) is 0 Å². The molecule has 3 heteroatoms. The molecule has 25 heavy (non-hydrogen) atoms. The van der Waals surface area contributed by atoms with Crippen molar-refractivity contribution in [3.05, 3.63) is 84.5 Å². The topological polar surface area (TPSA) is 34.1 Å². The van der Waals surface area contributed by atoms with Gasteiger partial charge in [0.2, 0.25) is 12.7 Å². The molecule has 0 aromatic heterocycles. The van der Waals surface area contributed by atoms with Crippen molar-refractivity contribution >= 4 is 23.3 Å². The molecule has 0 spiro atoms. The summed E-state index contributed by atoms with van der Waals surface area (Å²) in [5.41, 5.74) is 0.563. The number of benzene rings is 2. The monoisotopic (exact) mass is 350 g/mol. The predicted octanol–water partition coefficient (Wildman–Crippen LogP) is 4.69. The Labute approximate surface area is 149 Å². The van der Waals surface area contributed by atoms with Crippen molar-refractivity contribution in [3.63, 3.8) is 0 Å². The summed E-state index contributed by atoms with van der Waals surface area (Å²) in [5.74, 6) is -0.414. The Morgan fingerprint density at radius 1 is 0.920 bits per heavy atom. The molecule has 0 saturated carbocycles. The summed E-state index contributed by atoms with van der Waals surface area (Å²) in [7, 11) is -3.40. The SMILES string of the molecule is CC1=CC(C)(C)C(C(=O)P(=O)(c2ccccc2)c2ccccc2)C=C1. The molecule has 0 saturated heterocycles. The van der Waals surface area contributed by atoms with Gasteiger partial charge < -0.3 is 4.57 Å². The zero-order valence-corrected chi connectivity index (χ0v) is 15.7. The van der Waals surface area contributed by atoms with Gasteiger partial charge in [0.25, 0.3) is 0 Å². The minimum atomic E-state index is -3.40. The quantitative estimate of drug-likeness (QED) is 0.750. The average molecular weight is 350 g/mol. The van der Waals surface area contributed by atoms with Gasteiger partial charge in [0.05, 0.1) is 5.92 Å². The van der Waals surface area contributed by atoms with Crippen LogP contribution in [0.1, 0.15) is 20.8 Å². The molecule has 2 aromatic rings. The third-order valence-electron chi connectivity index (χ3n) is 4.77. The molecule has 1 unspecified atom stereocenters. The van der Waals surface area contributed by atoms with Crippen molar-refractivity contribution in [1.82, 2.24) is 0 Å². The van der Waals surface area contributed by atoms with E-state index in [0.29, 0.717) is 10.6 Å². The Bertz CT molecular complexity index is 833. The van der Waals surface area contributed by atoms with Crippen molar-refractivity contribution in [2.75, 3.05) is 0 Å². The van der Waals surface area contributed by atoms with Crippen LogP contribution >= 0.6 is 7.14 Å². The Morgan fingerprint density at radius 2 is 1.40 bits per heavy atom. The van der Waals surface area contributed by atoms with Crippen LogP contribution in [0, 0.1) is 11.3 Å². The summed E-state index contributed by atoms with van der Waals surface area (Å²) >= 11 is 0. The predicted molar refractivity (Wildman–Crippen MR) is 105 cm³/mol. The first kappa shape index (κ1) is 17.6. The van der Waals surface area contributed by atoms with E-state index in [1.54, 1.807) is 24.3 Å². The molecule has 0 aliphatic heterocycles. The van der Waals surface area contributed by atoms with E-state index in [2.05, 4.69) is 6.08 Å². The Hall–Kier alpha value is -2.18. The lowest BCUT2D eigenvalue weighted by Crippen LogP contribution is -2.34. The first-order valence-corrected chi connectivity index (χ1v) is 10.2. The molecular formula is C22H23O2P. The third kappa shape index (κ3) is 3.19. The lowest BCUT2D eigenvalue weighted by molar-refractivity contribution is -0.115. The molecule has 0 bridgehead atoms. The highest BCUT2D eigenvalue weighted by Crippen LogP contribution is 2.51. The van der Waals surface area contributed by atoms with Crippen LogP contribution in [-0.4, -0.2) is 5.52 Å². The maximum atomic E-state index is 14.2. The standard InChI is InChI=1S/C22H23O2P/c1-17-14-15-20(22(2,3)16-17)21(23)25(24,18-10-6-4-7-11-18)19-12-8-5-9-13-19/h4-16,20H,1-3H3. The van der Waals surface area contributed by atoms with Gasteiger partial charge >= 0.3 is 0 Å². The van der Waals surface area contributed by atoms with Crippen LogP contribution in [0.15, 0.2) is 84.5 Å². The van der Waals surface area contributed by atoms with Crippen LogP contribution in [0.4, 0.5) is 0 Å². The highest BCUT2D eigenvalue weighted by Gasteiger charge is 2.44. The minimum Gasteiger partial charge on any atom is -0.306 e. The van der Waals surface area contributed by atoms with Crippen molar-refractivity contribution in [2.24, 2.45) is 11.3 Å². The maximum absolute atomic E-state index is 14.2. The van der Waals surface area contributed by atoms with E-state index >= 15 is 0 Å². The molecule has 1 aliphatic carbocycles. The molecule has 0 heterocycles. The number of hydrogen-bond donors (Lipinski definition) is 0. The summed E-state index contributed by atoms with van der Waals surface area (Å²) in [6.45, 7) is 6.08. The van der Waals surface area contributed by atoms with E-state index in [1.807, 2.05) is 69.3 Å². The Balaban J connectivity index is 2.16. The second-order valence-electron chi connectivity index (χ2n) is 7.17. The lowest BCUT2D eigenvalue weighted by atomic mass is 9.75. The first-order valence-electron chi connectivity index (χ1n) is 8.49. The molecule has 1 atom stereocenters. The number of allylic oxidation sites excluding steroid dienone is 4. The molecule has 0 N–H and O–H groups in total. The van der Waals surface area contributed by atoms with E-state index < -0.39 is 13.1 Å². The second kappa shape index (κ2) is 6.61. The first-order chi connectivity index (χ1) is 11.9. The van der Waals surface area contributed by atoms with Crippen LogP contribution in [0.2, 0.25) is 0 Å². The molecular weight excluding hydrogens is 327 g/mol. The molecule has 1 aliphatic rings. The molecule has 0 fully saturated rings. The molecule has 3 rings (SSSR count). The van der Waals surface area contributed by atoms with Gasteiger partial charge in [-0.1, -0.05) is 98.3 Å². The third-order valence-corrected chi connectivity index (χ3v) is 7.72. The van der Waals surface area contributed by atoms with Crippen molar-refractivity contribution < 1.29 is 9.36 Å². The van der Waals surface area contributed by atoms with Gasteiger partial charge in [-0.15, -0.1) is 0 Å². The lowest BCUT2D eigenvalue weighted by Gasteiger charge is -2.34. The van der Waals surface area contributed by atoms with Gasteiger partial charge in [-0.2, -0.15) is 0 Å². The van der Waals surface area contributed by atoms with Crippen molar-refractivity contribution in [2.45, 2.75) is 20.8 Å². The average Bonchev–Trinajstić information content (AvgIpc) is 2.61. The zero-order chi connectivity index (χ0) is 18.1. The van der Waals surface area contributed by atoms with Gasteiger partial charge in [-0.05, 0) is 12.3 Å². The fraction of sp³-hybridized carbons (Fsp3) is 0.227. The van der Waals surface area contributed by atoms with Crippen LogP contribution in [-0.2, 0) is 9.36 Å². The highest BCUT2D eigenvalue weighted by atomic mass is 31.2. The molecule has 2 nitrogen and oxygen atoms in total. The smallest absolute Gasteiger partial charge is 0.207 e. The molecule has 0 amide bonds. The van der Waals surface area contributed by atoms with Gasteiger partial charge in [0.1, 0.15) is 0 Å². The van der Waals surface area contributed by atoms with Crippen LogP contribution in [0.5, 0.6) is 0 Å². The normalized spacial score (nSPS) is 19.3. The summed E-state index contributed by atoms with van der Waals surface area (Å²) in [6, 6.07) is 18.3. The van der Waals surface area contributed by atoms with Crippen molar-refractivity contribution in [1.29, 1.82) is 0 Å².